The molecule has 0 bridgehead atoms. The average Bonchev–Trinajstić information content (AvgIpc) is 3.15. The molecule has 9 heteroatoms. The lowest BCUT2D eigenvalue weighted by molar-refractivity contribution is 0.0504. The molecule has 0 saturated heterocycles. The minimum absolute atomic E-state index is 0.117. The van der Waals surface area contributed by atoms with Crippen molar-refractivity contribution in [3.8, 4) is 11.6 Å². The van der Waals surface area contributed by atoms with Gasteiger partial charge in [0.15, 0.2) is 0 Å². The zero-order chi connectivity index (χ0) is 25.3. The predicted octanol–water partition coefficient (Wildman–Crippen LogP) is 4.90. The van der Waals surface area contributed by atoms with Gasteiger partial charge in [-0.15, -0.1) is 10.2 Å². The van der Waals surface area contributed by atoms with Crippen LogP contribution in [0.4, 0.5) is 9.18 Å². The number of hydrogen-bond donors (Lipinski definition) is 1. The van der Waals surface area contributed by atoms with Gasteiger partial charge in [-0.3, -0.25) is 4.57 Å². The molecule has 1 saturated carbocycles. The van der Waals surface area contributed by atoms with E-state index in [2.05, 4.69) is 25.1 Å². The fraction of sp³-hybridized carbons (Fsp3) is 0.481. The Labute approximate surface area is 210 Å². The number of pyridine rings is 1. The van der Waals surface area contributed by atoms with E-state index >= 15 is 0 Å². The zero-order valence-corrected chi connectivity index (χ0v) is 20.9. The molecule has 1 amide bonds. The molecular weight excluding hydrogens is 461 g/mol. The Hall–Kier alpha value is -3.49. The van der Waals surface area contributed by atoms with Crippen LogP contribution in [0.5, 0.6) is 5.88 Å². The van der Waals surface area contributed by atoms with E-state index in [1.54, 1.807) is 12.3 Å². The van der Waals surface area contributed by atoms with Crippen molar-refractivity contribution in [3.63, 3.8) is 0 Å². The fourth-order valence-corrected chi connectivity index (χ4v) is 5.09. The van der Waals surface area contributed by atoms with Crippen LogP contribution >= 0.6 is 0 Å². The standard InChI is InChI=1S/C27H32FN5O3/c1-27(2,3)36-26(34)30-20-15-18-14-19(28)9-12-22(18)33-23(16-20)31-32-25(33)17-7-10-21(11-8-17)35-24-6-4-5-13-29-24/h4-6,9,12-14,17,20-21H,7-8,10-11,15-16H2,1-3H3,(H,30,34)/t17-,20?,21-. The Balaban J connectivity index is 1.36. The maximum atomic E-state index is 14.2. The minimum Gasteiger partial charge on any atom is -0.474 e. The summed E-state index contributed by atoms with van der Waals surface area (Å²) in [5.41, 5.74) is 1.07. The third kappa shape index (κ3) is 5.50. The Bertz CT molecular complexity index is 1220. The van der Waals surface area contributed by atoms with Gasteiger partial charge in [0.2, 0.25) is 5.88 Å². The number of fused-ring (bicyclic) bond motifs is 3. The number of rotatable bonds is 4. The first-order valence-electron chi connectivity index (χ1n) is 12.6. The van der Waals surface area contributed by atoms with Gasteiger partial charge >= 0.3 is 6.09 Å². The van der Waals surface area contributed by atoms with Crippen LogP contribution in [0.2, 0.25) is 0 Å². The molecule has 1 aliphatic heterocycles. The highest BCUT2D eigenvalue weighted by atomic mass is 19.1. The van der Waals surface area contributed by atoms with E-state index in [1.807, 2.05) is 39.0 Å². The van der Waals surface area contributed by atoms with Crippen molar-refractivity contribution in [1.82, 2.24) is 25.1 Å². The molecule has 1 unspecified atom stereocenters. The molecule has 5 rings (SSSR count). The van der Waals surface area contributed by atoms with E-state index in [4.69, 9.17) is 9.47 Å². The molecular formula is C27H32FN5O3. The highest BCUT2D eigenvalue weighted by Crippen LogP contribution is 2.36. The summed E-state index contributed by atoms with van der Waals surface area (Å²) in [5.74, 6) is 2.19. The molecule has 2 aromatic heterocycles. The number of halogens is 1. The minimum atomic E-state index is -0.606. The van der Waals surface area contributed by atoms with Gasteiger partial charge in [0.05, 0.1) is 5.69 Å². The van der Waals surface area contributed by atoms with Crippen molar-refractivity contribution in [3.05, 3.63) is 65.6 Å². The molecule has 1 N–H and O–H groups in total. The Morgan fingerprint density at radius 1 is 1.08 bits per heavy atom. The summed E-state index contributed by atoms with van der Waals surface area (Å²) in [6.07, 6.45) is 5.90. The number of carbonyl (C=O) groups excluding carboxylic acids is 1. The number of hydrogen-bond acceptors (Lipinski definition) is 6. The van der Waals surface area contributed by atoms with Gasteiger partial charge in [0.1, 0.15) is 29.2 Å². The molecule has 3 aromatic rings. The van der Waals surface area contributed by atoms with Gasteiger partial charge in [0.25, 0.3) is 0 Å². The van der Waals surface area contributed by atoms with E-state index in [1.165, 1.54) is 12.1 Å². The molecule has 0 spiro atoms. The van der Waals surface area contributed by atoms with Crippen LogP contribution in [0.1, 0.15) is 69.6 Å². The fourth-order valence-electron chi connectivity index (χ4n) is 5.09. The van der Waals surface area contributed by atoms with Crippen LogP contribution in [0, 0.1) is 5.82 Å². The third-order valence-corrected chi connectivity index (χ3v) is 6.62. The first kappa shape index (κ1) is 24.2. The molecule has 36 heavy (non-hydrogen) atoms. The quantitative estimate of drug-likeness (QED) is 0.556. The number of benzene rings is 1. The van der Waals surface area contributed by atoms with Crippen molar-refractivity contribution >= 4 is 6.09 Å². The normalized spacial score (nSPS) is 21.6. The molecule has 1 atom stereocenters. The van der Waals surface area contributed by atoms with Crippen LogP contribution in [0.15, 0.2) is 42.6 Å². The van der Waals surface area contributed by atoms with Crippen LogP contribution < -0.4 is 10.1 Å². The first-order chi connectivity index (χ1) is 17.2. The maximum absolute atomic E-state index is 14.2. The SMILES string of the molecule is CC(C)(C)OC(=O)NC1Cc2cc(F)ccc2-n2c(nnc2[C@H]2CC[C@H](Oc3ccccn3)CC2)C1. The summed E-state index contributed by atoms with van der Waals surface area (Å²) in [6, 6.07) is 10.2. The molecule has 0 radical (unpaired) electrons. The van der Waals surface area contributed by atoms with Crippen molar-refractivity contribution in [2.45, 2.75) is 83.0 Å². The van der Waals surface area contributed by atoms with Gasteiger partial charge in [-0.1, -0.05) is 6.07 Å². The van der Waals surface area contributed by atoms with E-state index in [0.29, 0.717) is 18.7 Å². The number of ether oxygens (including phenoxy) is 2. The number of amides is 1. The summed E-state index contributed by atoms with van der Waals surface area (Å²) in [6.45, 7) is 5.47. The lowest BCUT2D eigenvalue weighted by Crippen LogP contribution is -2.41. The second-order valence-corrected chi connectivity index (χ2v) is 10.6. The lowest BCUT2D eigenvalue weighted by atomic mass is 9.86. The van der Waals surface area contributed by atoms with Gasteiger partial charge in [-0.05, 0) is 82.7 Å². The number of nitrogens with one attached hydrogen (secondary N) is 1. The Kier molecular flexibility index (Phi) is 6.64. The summed E-state index contributed by atoms with van der Waals surface area (Å²) in [4.78, 5) is 16.7. The monoisotopic (exact) mass is 493 g/mol. The molecule has 3 heterocycles. The predicted molar refractivity (Wildman–Crippen MR) is 132 cm³/mol. The highest BCUT2D eigenvalue weighted by Gasteiger charge is 2.32. The molecule has 8 nitrogen and oxygen atoms in total. The largest absolute Gasteiger partial charge is 0.474 e. The van der Waals surface area contributed by atoms with E-state index < -0.39 is 11.7 Å². The highest BCUT2D eigenvalue weighted by molar-refractivity contribution is 5.68. The average molecular weight is 494 g/mol. The number of nitrogens with zero attached hydrogens (tertiary/aromatic N) is 4. The van der Waals surface area contributed by atoms with Crippen molar-refractivity contribution in [2.75, 3.05) is 0 Å². The third-order valence-electron chi connectivity index (χ3n) is 6.62. The van der Waals surface area contributed by atoms with Gasteiger partial charge in [-0.2, -0.15) is 0 Å². The second kappa shape index (κ2) is 9.87. The lowest BCUT2D eigenvalue weighted by Gasteiger charge is -2.28. The van der Waals surface area contributed by atoms with E-state index in [0.717, 1.165) is 48.6 Å². The second-order valence-electron chi connectivity index (χ2n) is 10.6. The van der Waals surface area contributed by atoms with E-state index in [-0.39, 0.29) is 23.9 Å². The molecule has 2 aliphatic rings. The summed E-state index contributed by atoms with van der Waals surface area (Å²) in [5, 5.41) is 12.1. The number of alkyl carbamates (subject to hydrolysis) is 1. The van der Waals surface area contributed by atoms with Crippen LogP contribution in [-0.4, -0.2) is 43.6 Å². The Morgan fingerprint density at radius 2 is 1.89 bits per heavy atom. The van der Waals surface area contributed by atoms with Crippen LogP contribution in [-0.2, 0) is 17.6 Å². The molecule has 1 fully saturated rings. The molecule has 1 aliphatic carbocycles. The maximum Gasteiger partial charge on any atom is 0.407 e. The van der Waals surface area contributed by atoms with Gasteiger partial charge in [-0.25, -0.2) is 14.2 Å². The summed E-state index contributed by atoms with van der Waals surface area (Å²) < 4.78 is 27.8. The van der Waals surface area contributed by atoms with Gasteiger partial charge < -0.3 is 14.8 Å². The summed E-state index contributed by atoms with van der Waals surface area (Å²) >= 11 is 0. The van der Waals surface area contributed by atoms with E-state index in [9.17, 15) is 9.18 Å². The molecule has 1 aromatic carbocycles. The van der Waals surface area contributed by atoms with Crippen LogP contribution in [0.25, 0.3) is 5.69 Å². The number of carbonyl (C=O) groups is 1. The van der Waals surface area contributed by atoms with Crippen molar-refractivity contribution in [1.29, 1.82) is 0 Å². The summed E-state index contributed by atoms with van der Waals surface area (Å²) in [7, 11) is 0. The smallest absolute Gasteiger partial charge is 0.407 e. The van der Waals surface area contributed by atoms with Gasteiger partial charge in [0, 0.05) is 30.6 Å². The zero-order valence-electron chi connectivity index (χ0n) is 20.9. The van der Waals surface area contributed by atoms with Crippen LogP contribution in [0.3, 0.4) is 0 Å². The Morgan fingerprint density at radius 3 is 2.61 bits per heavy atom. The molecule has 190 valence electrons. The van der Waals surface area contributed by atoms with Crippen molar-refractivity contribution in [2.24, 2.45) is 0 Å². The number of aromatic nitrogens is 4. The topological polar surface area (TPSA) is 91.2 Å². The first-order valence-corrected chi connectivity index (χ1v) is 12.6. The van der Waals surface area contributed by atoms with Crippen molar-refractivity contribution < 1.29 is 18.7 Å².